The SMILES string of the molecule is Cc1ccc(S(=O)(=O)n2ccn(CC(=O)Nc3ccc(Br)cc3)c2=O)cc1. The third kappa shape index (κ3) is 4.20. The van der Waals surface area contributed by atoms with Crippen molar-refractivity contribution in [1.29, 1.82) is 0 Å². The Morgan fingerprint density at radius 1 is 1.04 bits per heavy atom. The van der Waals surface area contributed by atoms with Crippen molar-refractivity contribution < 1.29 is 13.2 Å². The number of hydrogen-bond donors (Lipinski definition) is 1. The maximum absolute atomic E-state index is 12.6. The molecule has 0 saturated carbocycles. The van der Waals surface area contributed by atoms with E-state index in [0.717, 1.165) is 20.8 Å². The summed E-state index contributed by atoms with van der Waals surface area (Å²) < 4.78 is 27.8. The van der Waals surface area contributed by atoms with Gasteiger partial charge in [-0.2, -0.15) is 3.97 Å². The van der Waals surface area contributed by atoms with Gasteiger partial charge in [-0.1, -0.05) is 33.6 Å². The molecule has 0 aliphatic heterocycles. The van der Waals surface area contributed by atoms with Crippen LogP contribution in [0, 0.1) is 6.92 Å². The first-order valence-electron chi connectivity index (χ1n) is 7.93. The van der Waals surface area contributed by atoms with Crippen molar-refractivity contribution in [2.75, 3.05) is 5.32 Å². The number of benzene rings is 2. The summed E-state index contributed by atoms with van der Waals surface area (Å²) in [6.45, 7) is 1.54. The van der Waals surface area contributed by atoms with Crippen LogP contribution in [0.15, 0.2) is 75.1 Å². The molecule has 0 atom stereocenters. The summed E-state index contributed by atoms with van der Waals surface area (Å²) in [7, 11) is -4.02. The topological polar surface area (TPSA) is 90.2 Å². The van der Waals surface area contributed by atoms with Gasteiger partial charge in [0.15, 0.2) is 0 Å². The highest BCUT2D eigenvalue weighted by atomic mass is 79.9. The van der Waals surface area contributed by atoms with Crippen molar-refractivity contribution in [1.82, 2.24) is 8.54 Å². The summed E-state index contributed by atoms with van der Waals surface area (Å²) in [6.07, 6.45) is 2.42. The van der Waals surface area contributed by atoms with Crippen molar-refractivity contribution >= 4 is 37.5 Å². The van der Waals surface area contributed by atoms with Gasteiger partial charge in [0.25, 0.3) is 10.0 Å². The van der Waals surface area contributed by atoms with Gasteiger partial charge in [0.2, 0.25) is 5.91 Å². The molecule has 2 aromatic carbocycles. The van der Waals surface area contributed by atoms with E-state index in [-0.39, 0.29) is 11.4 Å². The normalized spacial score (nSPS) is 11.3. The summed E-state index contributed by atoms with van der Waals surface area (Å²) in [6, 6.07) is 13.1. The van der Waals surface area contributed by atoms with Crippen molar-refractivity contribution in [2.24, 2.45) is 0 Å². The maximum atomic E-state index is 12.6. The summed E-state index contributed by atoms with van der Waals surface area (Å²) in [5.74, 6) is -0.440. The number of anilines is 1. The molecule has 1 N–H and O–H groups in total. The fraction of sp³-hybridized carbons (Fsp3) is 0.111. The number of halogens is 1. The summed E-state index contributed by atoms with van der Waals surface area (Å²) in [5, 5.41) is 2.65. The molecule has 3 rings (SSSR count). The van der Waals surface area contributed by atoms with E-state index in [1.165, 1.54) is 18.3 Å². The van der Waals surface area contributed by atoms with Gasteiger partial charge in [-0.25, -0.2) is 13.2 Å². The first kappa shape index (κ1) is 19.1. The number of carbonyl (C=O) groups is 1. The number of nitrogens with one attached hydrogen (secondary N) is 1. The monoisotopic (exact) mass is 449 g/mol. The Bertz CT molecular complexity index is 1130. The molecule has 0 spiro atoms. The fourth-order valence-corrected chi connectivity index (χ4v) is 3.91. The molecular weight excluding hydrogens is 434 g/mol. The van der Waals surface area contributed by atoms with Crippen LogP contribution in [0.1, 0.15) is 5.56 Å². The molecule has 0 aliphatic carbocycles. The second-order valence-electron chi connectivity index (χ2n) is 5.88. The van der Waals surface area contributed by atoms with E-state index in [9.17, 15) is 18.0 Å². The number of hydrogen-bond acceptors (Lipinski definition) is 4. The molecule has 140 valence electrons. The highest BCUT2D eigenvalue weighted by Crippen LogP contribution is 2.15. The van der Waals surface area contributed by atoms with E-state index in [2.05, 4.69) is 21.2 Å². The largest absolute Gasteiger partial charge is 0.342 e. The van der Waals surface area contributed by atoms with Crippen LogP contribution < -0.4 is 11.0 Å². The van der Waals surface area contributed by atoms with E-state index in [1.54, 1.807) is 36.4 Å². The zero-order valence-electron chi connectivity index (χ0n) is 14.3. The molecule has 1 amide bonds. The van der Waals surface area contributed by atoms with Crippen LogP contribution >= 0.6 is 15.9 Å². The first-order valence-corrected chi connectivity index (χ1v) is 10.2. The highest BCUT2D eigenvalue weighted by molar-refractivity contribution is 9.10. The van der Waals surface area contributed by atoms with Gasteiger partial charge in [0.05, 0.1) is 4.90 Å². The Morgan fingerprint density at radius 3 is 2.30 bits per heavy atom. The van der Waals surface area contributed by atoms with E-state index in [1.807, 2.05) is 6.92 Å². The minimum atomic E-state index is -4.02. The average Bonchev–Trinajstić information content (AvgIpc) is 2.98. The molecular formula is C18H16BrN3O4S. The Hall–Kier alpha value is -2.65. The zero-order valence-corrected chi connectivity index (χ0v) is 16.7. The minimum absolute atomic E-state index is 0.00673. The van der Waals surface area contributed by atoms with Crippen LogP contribution in [0.4, 0.5) is 5.69 Å². The second kappa shape index (κ2) is 7.53. The van der Waals surface area contributed by atoms with Gasteiger partial charge in [-0.3, -0.25) is 9.36 Å². The van der Waals surface area contributed by atoms with Gasteiger partial charge in [0.1, 0.15) is 6.54 Å². The maximum Gasteiger partial charge on any atom is 0.342 e. The Labute approximate surface area is 164 Å². The van der Waals surface area contributed by atoms with Crippen LogP contribution in [-0.4, -0.2) is 22.9 Å². The predicted octanol–water partition coefficient (Wildman–Crippen LogP) is 2.60. The molecule has 9 heteroatoms. The van der Waals surface area contributed by atoms with Crippen molar-refractivity contribution in [3.05, 3.63) is 81.4 Å². The molecule has 0 saturated heterocycles. The minimum Gasteiger partial charge on any atom is -0.325 e. The smallest absolute Gasteiger partial charge is 0.325 e. The summed E-state index contributed by atoms with van der Waals surface area (Å²) in [4.78, 5) is 24.6. The number of carbonyl (C=O) groups excluding carboxylic acids is 1. The number of rotatable bonds is 5. The zero-order chi connectivity index (χ0) is 19.6. The highest BCUT2D eigenvalue weighted by Gasteiger charge is 2.21. The van der Waals surface area contributed by atoms with Gasteiger partial charge in [-0.15, -0.1) is 0 Å². The van der Waals surface area contributed by atoms with Gasteiger partial charge in [0, 0.05) is 22.6 Å². The third-order valence-electron chi connectivity index (χ3n) is 3.84. The van der Waals surface area contributed by atoms with Crippen LogP contribution in [0.5, 0.6) is 0 Å². The van der Waals surface area contributed by atoms with Crippen LogP contribution in [0.25, 0.3) is 0 Å². The lowest BCUT2D eigenvalue weighted by Crippen LogP contribution is -2.32. The molecule has 0 unspecified atom stereocenters. The molecule has 3 aromatic rings. The number of imidazole rings is 1. The number of aromatic nitrogens is 2. The van der Waals surface area contributed by atoms with Crippen molar-refractivity contribution in [3.8, 4) is 0 Å². The quantitative estimate of drug-likeness (QED) is 0.647. The molecule has 7 nitrogen and oxygen atoms in total. The van der Waals surface area contributed by atoms with E-state index >= 15 is 0 Å². The van der Waals surface area contributed by atoms with E-state index in [4.69, 9.17) is 0 Å². The first-order chi connectivity index (χ1) is 12.8. The fourth-order valence-electron chi connectivity index (χ4n) is 2.41. The number of amides is 1. The summed E-state index contributed by atoms with van der Waals surface area (Å²) >= 11 is 3.30. The lowest BCUT2D eigenvalue weighted by molar-refractivity contribution is -0.116. The molecule has 0 aliphatic rings. The van der Waals surface area contributed by atoms with Gasteiger partial charge < -0.3 is 5.32 Å². The number of aryl methyl sites for hydroxylation is 1. The van der Waals surface area contributed by atoms with Gasteiger partial charge >= 0.3 is 5.69 Å². The van der Waals surface area contributed by atoms with Crippen molar-refractivity contribution in [3.63, 3.8) is 0 Å². The number of nitrogens with zero attached hydrogens (tertiary/aromatic N) is 2. The second-order valence-corrected chi connectivity index (χ2v) is 8.61. The lowest BCUT2D eigenvalue weighted by Gasteiger charge is -2.06. The molecule has 1 aromatic heterocycles. The third-order valence-corrected chi connectivity index (χ3v) is 6.03. The van der Waals surface area contributed by atoms with Crippen LogP contribution in [-0.2, 0) is 21.4 Å². The lowest BCUT2D eigenvalue weighted by atomic mass is 10.2. The summed E-state index contributed by atoms with van der Waals surface area (Å²) in [5.41, 5.74) is 0.674. The molecule has 1 heterocycles. The standard InChI is InChI=1S/C18H16BrN3O4S/c1-13-2-8-16(9-3-13)27(25,26)22-11-10-21(18(22)24)12-17(23)20-15-6-4-14(19)5-7-15/h2-11H,12H2,1H3,(H,20,23). The molecule has 0 bridgehead atoms. The Kier molecular flexibility index (Phi) is 5.33. The van der Waals surface area contributed by atoms with E-state index in [0.29, 0.717) is 9.66 Å². The van der Waals surface area contributed by atoms with Crippen molar-refractivity contribution in [2.45, 2.75) is 18.4 Å². The Balaban J connectivity index is 1.80. The molecule has 0 radical (unpaired) electrons. The van der Waals surface area contributed by atoms with Crippen LogP contribution in [0.3, 0.4) is 0 Å². The Morgan fingerprint density at radius 2 is 1.67 bits per heavy atom. The molecule has 0 fully saturated rings. The van der Waals surface area contributed by atoms with Crippen LogP contribution in [0.2, 0.25) is 0 Å². The van der Waals surface area contributed by atoms with Gasteiger partial charge in [-0.05, 0) is 43.3 Å². The van der Waals surface area contributed by atoms with E-state index < -0.39 is 21.6 Å². The molecule has 27 heavy (non-hydrogen) atoms. The predicted molar refractivity (Wildman–Crippen MR) is 105 cm³/mol. The average molecular weight is 450 g/mol.